The molecular weight excluding hydrogens is 466 g/mol. The molecule has 1 aliphatic heterocycles. The van der Waals surface area contributed by atoms with E-state index in [-0.39, 0.29) is 18.6 Å². The minimum atomic E-state index is -0.235. The lowest BCUT2D eigenvalue weighted by atomic mass is 9.76. The molecular formula is C29H31N5O3. The molecule has 0 aliphatic carbocycles. The molecule has 1 saturated heterocycles. The zero-order chi connectivity index (χ0) is 25.6. The van der Waals surface area contributed by atoms with Crippen LogP contribution >= 0.6 is 0 Å². The SMILES string of the molecule is CC(C)[C@@H]1C[C@H](c2ccccc2)CO[C@H]1c1ccc(OCC(=O)Nc2ccc(-n3cnnn3)cc2)cc1. The van der Waals surface area contributed by atoms with Crippen LogP contribution in [0.25, 0.3) is 5.69 Å². The van der Waals surface area contributed by atoms with Crippen LogP contribution in [-0.4, -0.2) is 39.3 Å². The Labute approximate surface area is 216 Å². The third kappa shape index (κ3) is 6.03. The first-order valence-corrected chi connectivity index (χ1v) is 12.6. The van der Waals surface area contributed by atoms with Gasteiger partial charge in [0.05, 0.1) is 18.4 Å². The summed E-state index contributed by atoms with van der Waals surface area (Å²) in [5.41, 5.74) is 3.96. The Morgan fingerprint density at radius 2 is 1.78 bits per heavy atom. The van der Waals surface area contributed by atoms with Gasteiger partial charge in [-0.05, 0) is 76.2 Å². The second kappa shape index (κ2) is 11.3. The van der Waals surface area contributed by atoms with Gasteiger partial charge in [-0.2, -0.15) is 0 Å². The molecule has 1 N–H and O–H groups in total. The second-order valence-corrected chi connectivity index (χ2v) is 9.71. The fourth-order valence-corrected chi connectivity index (χ4v) is 4.86. The number of anilines is 1. The van der Waals surface area contributed by atoms with Crippen molar-refractivity contribution in [3.63, 3.8) is 0 Å². The summed E-state index contributed by atoms with van der Waals surface area (Å²) in [5.74, 6) is 1.75. The van der Waals surface area contributed by atoms with Crippen LogP contribution in [0.3, 0.4) is 0 Å². The van der Waals surface area contributed by atoms with Gasteiger partial charge in [0.25, 0.3) is 5.91 Å². The molecule has 0 saturated carbocycles. The number of nitrogens with one attached hydrogen (secondary N) is 1. The van der Waals surface area contributed by atoms with E-state index in [0.717, 1.165) is 17.7 Å². The van der Waals surface area contributed by atoms with E-state index in [1.54, 1.807) is 16.8 Å². The summed E-state index contributed by atoms with van der Waals surface area (Å²) in [6.07, 6.45) is 2.66. The number of tetrazole rings is 1. The summed E-state index contributed by atoms with van der Waals surface area (Å²) >= 11 is 0. The lowest BCUT2D eigenvalue weighted by Crippen LogP contribution is -2.31. The van der Waals surface area contributed by atoms with Crippen LogP contribution in [-0.2, 0) is 9.53 Å². The van der Waals surface area contributed by atoms with Gasteiger partial charge in [-0.3, -0.25) is 4.79 Å². The van der Waals surface area contributed by atoms with Gasteiger partial charge in [-0.25, -0.2) is 4.68 Å². The molecule has 5 rings (SSSR count). The minimum Gasteiger partial charge on any atom is -0.484 e. The van der Waals surface area contributed by atoms with Crippen molar-refractivity contribution in [3.8, 4) is 11.4 Å². The molecule has 2 heterocycles. The quantitative estimate of drug-likeness (QED) is 0.360. The standard InChI is InChI=1S/C29H31N5O3/c1-20(2)27-16-23(21-6-4-3-5-7-21)17-37-29(27)22-8-14-26(15-9-22)36-18-28(35)31-24-10-12-25(13-11-24)34-19-30-32-33-34/h3-15,19-20,23,27,29H,16-18H2,1-2H3,(H,31,35)/t23-,27-,29-/m0/s1. The minimum absolute atomic E-state index is 0.0496. The van der Waals surface area contributed by atoms with Crippen LogP contribution < -0.4 is 10.1 Å². The summed E-state index contributed by atoms with van der Waals surface area (Å²) in [6, 6.07) is 25.8. The Morgan fingerprint density at radius 3 is 2.46 bits per heavy atom. The van der Waals surface area contributed by atoms with Crippen molar-refractivity contribution in [3.05, 3.63) is 96.3 Å². The van der Waals surface area contributed by atoms with Crippen LogP contribution in [0.15, 0.2) is 85.2 Å². The van der Waals surface area contributed by atoms with Gasteiger partial charge < -0.3 is 14.8 Å². The number of hydrogen-bond donors (Lipinski definition) is 1. The molecule has 0 bridgehead atoms. The maximum absolute atomic E-state index is 12.4. The van der Waals surface area contributed by atoms with Crippen LogP contribution in [0.5, 0.6) is 5.75 Å². The van der Waals surface area contributed by atoms with Gasteiger partial charge in [0.15, 0.2) is 6.61 Å². The van der Waals surface area contributed by atoms with E-state index in [9.17, 15) is 4.79 Å². The number of benzene rings is 3. The summed E-state index contributed by atoms with van der Waals surface area (Å²) in [5, 5.41) is 13.9. The topological polar surface area (TPSA) is 91.2 Å². The summed E-state index contributed by atoms with van der Waals surface area (Å²) in [6.45, 7) is 5.17. The molecule has 1 fully saturated rings. The molecule has 8 heteroatoms. The van der Waals surface area contributed by atoms with Crippen molar-refractivity contribution >= 4 is 11.6 Å². The van der Waals surface area contributed by atoms with E-state index in [0.29, 0.717) is 35.8 Å². The maximum Gasteiger partial charge on any atom is 0.262 e. The smallest absolute Gasteiger partial charge is 0.262 e. The Bertz CT molecular complexity index is 1280. The van der Waals surface area contributed by atoms with Gasteiger partial charge >= 0.3 is 0 Å². The Balaban J connectivity index is 1.15. The summed E-state index contributed by atoms with van der Waals surface area (Å²) in [4.78, 5) is 12.4. The Hall–Kier alpha value is -4.04. The molecule has 37 heavy (non-hydrogen) atoms. The number of rotatable bonds is 8. The molecule has 8 nitrogen and oxygen atoms in total. The molecule has 1 aliphatic rings. The number of carbonyl (C=O) groups excluding carboxylic acids is 1. The highest BCUT2D eigenvalue weighted by Crippen LogP contribution is 2.43. The first kappa shape index (κ1) is 24.6. The van der Waals surface area contributed by atoms with Crippen molar-refractivity contribution in [2.75, 3.05) is 18.5 Å². The van der Waals surface area contributed by atoms with E-state index in [2.05, 4.69) is 65.0 Å². The molecule has 0 spiro atoms. The summed E-state index contributed by atoms with van der Waals surface area (Å²) < 4.78 is 13.7. The van der Waals surface area contributed by atoms with Crippen LogP contribution in [0.4, 0.5) is 5.69 Å². The number of hydrogen-bond acceptors (Lipinski definition) is 6. The number of aromatic nitrogens is 4. The number of amides is 1. The van der Waals surface area contributed by atoms with E-state index in [1.807, 2.05) is 36.4 Å². The molecule has 1 aromatic heterocycles. The Kier molecular flexibility index (Phi) is 7.56. The monoisotopic (exact) mass is 497 g/mol. The maximum atomic E-state index is 12.4. The predicted molar refractivity (Wildman–Crippen MR) is 141 cm³/mol. The molecule has 4 aromatic rings. The van der Waals surface area contributed by atoms with E-state index >= 15 is 0 Å². The first-order chi connectivity index (χ1) is 18.1. The van der Waals surface area contributed by atoms with Crippen molar-refractivity contribution in [2.45, 2.75) is 32.3 Å². The van der Waals surface area contributed by atoms with E-state index < -0.39 is 0 Å². The number of ether oxygens (including phenoxy) is 2. The van der Waals surface area contributed by atoms with Gasteiger partial charge in [-0.15, -0.1) is 5.10 Å². The zero-order valence-electron chi connectivity index (χ0n) is 21.0. The third-order valence-corrected chi connectivity index (χ3v) is 6.89. The number of nitrogens with zero attached hydrogens (tertiary/aromatic N) is 4. The van der Waals surface area contributed by atoms with E-state index in [4.69, 9.17) is 9.47 Å². The molecule has 3 atom stereocenters. The lowest BCUT2D eigenvalue weighted by Gasteiger charge is -2.39. The zero-order valence-corrected chi connectivity index (χ0v) is 21.0. The molecule has 3 aromatic carbocycles. The fraction of sp³-hybridized carbons (Fsp3) is 0.310. The van der Waals surface area contributed by atoms with Crippen molar-refractivity contribution in [1.29, 1.82) is 0 Å². The predicted octanol–water partition coefficient (Wildman–Crippen LogP) is 5.20. The van der Waals surface area contributed by atoms with Crippen molar-refractivity contribution in [2.24, 2.45) is 11.8 Å². The van der Waals surface area contributed by atoms with Gasteiger partial charge in [-0.1, -0.05) is 56.3 Å². The first-order valence-electron chi connectivity index (χ1n) is 12.6. The lowest BCUT2D eigenvalue weighted by molar-refractivity contribution is -0.118. The van der Waals surface area contributed by atoms with Crippen molar-refractivity contribution < 1.29 is 14.3 Å². The van der Waals surface area contributed by atoms with Crippen LogP contribution in [0, 0.1) is 11.8 Å². The largest absolute Gasteiger partial charge is 0.484 e. The number of carbonyl (C=O) groups is 1. The van der Waals surface area contributed by atoms with E-state index in [1.165, 1.54) is 11.9 Å². The highest BCUT2D eigenvalue weighted by molar-refractivity contribution is 5.91. The van der Waals surface area contributed by atoms with Crippen molar-refractivity contribution in [1.82, 2.24) is 20.2 Å². The second-order valence-electron chi connectivity index (χ2n) is 9.71. The highest BCUT2D eigenvalue weighted by atomic mass is 16.5. The van der Waals surface area contributed by atoms with Gasteiger partial charge in [0.2, 0.25) is 0 Å². The molecule has 1 amide bonds. The molecule has 0 unspecified atom stereocenters. The Morgan fingerprint density at radius 1 is 1.03 bits per heavy atom. The average Bonchev–Trinajstić information content (AvgIpc) is 3.48. The highest BCUT2D eigenvalue weighted by Gasteiger charge is 2.34. The van der Waals surface area contributed by atoms with Gasteiger partial charge in [0.1, 0.15) is 12.1 Å². The molecule has 190 valence electrons. The van der Waals surface area contributed by atoms with Crippen LogP contribution in [0.2, 0.25) is 0 Å². The van der Waals surface area contributed by atoms with Gasteiger partial charge in [0, 0.05) is 11.6 Å². The fourth-order valence-electron chi connectivity index (χ4n) is 4.86. The molecule has 0 radical (unpaired) electrons. The summed E-state index contributed by atoms with van der Waals surface area (Å²) in [7, 11) is 0. The average molecular weight is 498 g/mol. The van der Waals surface area contributed by atoms with Crippen LogP contribution in [0.1, 0.15) is 43.4 Å². The third-order valence-electron chi connectivity index (χ3n) is 6.89. The normalized spacial score (nSPS) is 19.5.